The minimum absolute atomic E-state index is 0.113. The fourth-order valence-corrected chi connectivity index (χ4v) is 2.10. The summed E-state index contributed by atoms with van der Waals surface area (Å²) in [6.07, 6.45) is 1.66. The number of aryl methyl sites for hydroxylation is 2. The van der Waals surface area contributed by atoms with Crippen LogP contribution in [0.4, 0.5) is 0 Å². The number of hydrogen-bond acceptors (Lipinski definition) is 5. The molecule has 7 nitrogen and oxygen atoms in total. The second kappa shape index (κ2) is 5.87. The van der Waals surface area contributed by atoms with Gasteiger partial charge in [0.1, 0.15) is 18.1 Å². The third kappa shape index (κ3) is 3.24. The van der Waals surface area contributed by atoms with Crippen LogP contribution in [0.15, 0.2) is 16.7 Å². The van der Waals surface area contributed by atoms with Gasteiger partial charge in [0.2, 0.25) is 5.91 Å². The maximum atomic E-state index is 12.0. The SMILES string of the molecule is Cc1cc(C(C)NC(=O)Cn2cc(CN)nn2)c(C)o1. The van der Waals surface area contributed by atoms with Crippen molar-refractivity contribution in [1.29, 1.82) is 0 Å². The molecular formula is C13H19N5O2. The van der Waals surface area contributed by atoms with E-state index in [1.807, 2.05) is 26.8 Å². The van der Waals surface area contributed by atoms with Gasteiger partial charge in [-0.2, -0.15) is 0 Å². The zero-order valence-electron chi connectivity index (χ0n) is 11.9. The van der Waals surface area contributed by atoms with Crippen LogP contribution in [0.1, 0.15) is 35.7 Å². The van der Waals surface area contributed by atoms with Gasteiger partial charge in [0, 0.05) is 12.1 Å². The molecule has 108 valence electrons. The Kier molecular flexibility index (Phi) is 4.19. The highest BCUT2D eigenvalue weighted by Gasteiger charge is 2.15. The number of carbonyl (C=O) groups excluding carboxylic acids is 1. The molecule has 1 unspecified atom stereocenters. The van der Waals surface area contributed by atoms with Gasteiger partial charge in [-0.1, -0.05) is 5.21 Å². The average molecular weight is 277 g/mol. The third-order valence-corrected chi connectivity index (χ3v) is 3.02. The van der Waals surface area contributed by atoms with Gasteiger partial charge in [0.15, 0.2) is 0 Å². The fourth-order valence-electron chi connectivity index (χ4n) is 2.10. The first-order valence-electron chi connectivity index (χ1n) is 6.45. The number of rotatable bonds is 5. The van der Waals surface area contributed by atoms with E-state index in [-0.39, 0.29) is 18.5 Å². The van der Waals surface area contributed by atoms with Crippen LogP contribution >= 0.6 is 0 Å². The summed E-state index contributed by atoms with van der Waals surface area (Å²) < 4.78 is 6.93. The molecule has 0 radical (unpaired) electrons. The lowest BCUT2D eigenvalue weighted by molar-refractivity contribution is -0.122. The lowest BCUT2D eigenvalue weighted by Crippen LogP contribution is -2.30. The highest BCUT2D eigenvalue weighted by Crippen LogP contribution is 2.20. The summed E-state index contributed by atoms with van der Waals surface area (Å²) in [7, 11) is 0. The number of furan rings is 1. The summed E-state index contributed by atoms with van der Waals surface area (Å²) in [4.78, 5) is 12.0. The molecule has 2 aromatic heterocycles. The van der Waals surface area contributed by atoms with E-state index in [0.717, 1.165) is 17.1 Å². The molecule has 0 fully saturated rings. The van der Waals surface area contributed by atoms with Gasteiger partial charge < -0.3 is 15.5 Å². The smallest absolute Gasteiger partial charge is 0.242 e. The molecule has 0 aromatic carbocycles. The third-order valence-electron chi connectivity index (χ3n) is 3.02. The van der Waals surface area contributed by atoms with Crippen LogP contribution in [0.2, 0.25) is 0 Å². The van der Waals surface area contributed by atoms with E-state index in [1.165, 1.54) is 4.68 Å². The Bertz CT molecular complexity index is 602. The summed E-state index contributed by atoms with van der Waals surface area (Å²) in [5, 5.41) is 10.6. The van der Waals surface area contributed by atoms with E-state index in [4.69, 9.17) is 10.2 Å². The van der Waals surface area contributed by atoms with Crippen LogP contribution in [0.25, 0.3) is 0 Å². The molecule has 0 aliphatic carbocycles. The van der Waals surface area contributed by atoms with Crippen molar-refractivity contribution in [1.82, 2.24) is 20.3 Å². The minimum Gasteiger partial charge on any atom is -0.466 e. The van der Waals surface area contributed by atoms with Gasteiger partial charge >= 0.3 is 0 Å². The molecule has 1 amide bonds. The molecule has 2 aromatic rings. The number of aromatic nitrogens is 3. The molecule has 0 aliphatic rings. The summed E-state index contributed by atoms with van der Waals surface area (Å²) in [5.41, 5.74) is 7.09. The van der Waals surface area contributed by atoms with Gasteiger partial charge in [-0.05, 0) is 26.8 Å². The van der Waals surface area contributed by atoms with E-state index in [2.05, 4.69) is 15.6 Å². The Balaban J connectivity index is 1.95. The summed E-state index contributed by atoms with van der Waals surface area (Å²) >= 11 is 0. The second-order valence-corrected chi connectivity index (χ2v) is 4.77. The Morgan fingerprint density at radius 2 is 2.30 bits per heavy atom. The minimum atomic E-state index is -0.135. The highest BCUT2D eigenvalue weighted by atomic mass is 16.3. The molecule has 0 aliphatic heterocycles. The molecule has 0 saturated carbocycles. The number of nitrogens with zero attached hydrogens (tertiary/aromatic N) is 3. The Labute approximate surface area is 117 Å². The average Bonchev–Trinajstić information content (AvgIpc) is 2.95. The molecule has 2 heterocycles. The zero-order chi connectivity index (χ0) is 14.7. The number of amides is 1. The molecule has 1 atom stereocenters. The molecular weight excluding hydrogens is 258 g/mol. The summed E-state index contributed by atoms with van der Waals surface area (Å²) in [6.45, 7) is 6.12. The Hall–Kier alpha value is -2.15. The van der Waals surface area contributed by atoms with Crippen molar-refractivity contribution in [3.05, 3.63) is 35.0 Å². The van der Waals surface area contributed by atoms with Crippen molar-refractivity contribution < 1.29 is 9.21 Å². The summed E-state index contributed by atoms with van der Waals surface area (Å²) in [6, 6.07) is 1.82. The lowest BCUT2D eigenvalue weighted by atomic mass is 10.1. The molecule has 0 spiro atoms. The van der Waals surface area contributed by atoms with Gasteiger partial charge in [-0.25, -0.2) is 4.68 Å². The van der Waals surface area contributed by atoms with Crippen molar-refractivity contribution in [3.8, 4) is 0 Å². The van der Waals surface area contributed by atoms with Gasteiger partial charge in [0.25, 0.3) is 0 Å². The van der Waals surface area contributed by atoms with E-state index in [1.54, 1.807) is 6.20 Å². The largest absolute Gasteiger partial charge is 0.466 e. The van der Waals surface area contributed by atoms with E-state index >= 15 is 0 Å². The van der Waals surface area contributed by atoms with Crippen LogP contribution in [0, 0.1) is 13.8 Å². The van der Waals surface area contributed by atoms with Crippen molar-refractivity contribution >= 4 is 5.91 Å². The molecule has 0 saturated heterocycles. The van der Waals surface area contributed by atoms with Crippen molar-refractivity contribution in [2.75, 3.05) is 0 Å². The number of carbonyl (C=O) groups is 1. The predicted molar refractivity (Wildman–Crippen MR) is 72.7 cm³/mol. The predicted octanol–water partition coefficient (Wildman–Crippen LogP) is 0.824. The van der Waals surface area contributed by atoms with Crippen LogP contribution in [0.3, 0.4) is 0 Å². The van der Waals surface area contributed by atoms with Crippen molar-refractivity contribution in [3.63, 3.8) is 0 Å². The first-order valence-corrected chi connectivity index (χ1v) is 6.45. The van der Waals surface area contributed by atoms with Gasteiger partial charge in [-0.15, -0.1) is 5.10 Å². The molecule has 20 heavy (non-hydrogen) atoms. The van der Waals surface area contributed by atoms with Crippen LogP contribution in [-0.2, 0) is 17.9 Å². The maximum absolute atomic E-state index is 12.0. The fraction of sp³-hybridized carbons (Fsp3) is 0.462. The first kappa shape index (κ1) is 14.3. The lowest BCUT2D eigenvalue weighted by Gasteiger charge is -2.12. The van der Waals surface area contributed by atoms with E-state index < -0.39 is 0 Å². The maximum Gasteiger partial charge on any atom is 0.242 e. The molecule has 0 bridgehead atoms. The van der Waals surface area contributed by atoms with Gasteiger partial charge in [0.05, 0.1) is 17.9 Å². The van der Waals surface area contributed by atoms with Crippen LogP contribution in [-0.4, -0.2) is 20.9 Å². The summed E-state index contributed by atoms with van der Waals surface area (Å²) in [5.74, 6) is 1.52. The van der Waals surface area contributed by atoms with Crippen molar-refractivity contribution in [2.45, 2.75) is 39.9 Å². The molecule has 2 rings (SSSR count). The second-order valence-electron chi connectivity index (χ2n) is 4.77. The Morgan fingerprint density at radius 1 is 1.55 bits per heavy atom. The number of nitrogens with one attached hydrogen (secondary N) is 1. The van der Waals surface area contributed by atoms with Gasteiger partial charge in [-0.3, -0.25) is 4.79 Å². The quantitative estimate of drug-likeness (QED) is 0.843. The number of nitrogens with two attached hydrogens (primary N) is 1. The Morgan fingerprint density at radius 3 is 2.85 bits per heavy atom. The molecule has 3 N–H and O–H groups in total. The number of hydrogen-bond donors (Lipinski definition) is 2. The normalized spacial score (nSPS) is 12.4. The zero-order valence-corrected chi connectivity index (χ0v) is 11.9. The standard InChI is InChI=1S/C13H19N5O2/c1-8-4-12(10(3)20-8)9(2)15-13(19)7-18-6-11(5-14)16-17-18/h4,6,9H,5,7,14H2,1-3H3,(H,15,19). The van der Waals surface area contributed by atoms with Crippen LogP contribution in [0.5, 0.6) is 0 Å². The van der Waals surface area contributed by atoms with E-state index in [9.17, 15) is 4.79 Å². The topological polar surface area (TPSA) is 99.0 Å². The highest BCUT2D eigenvalue weighted by molar-refractivity contribution is 5.76. The monoisotopic (exact) mass is 277 g/mol. The van der Waals surface area contributed by atoms with Crippen LogP contribution < -0.4 is 11.1 Å². The first-order chi connectivity index (χ1) is 9.49. The van der Waals surface area contributed by atoms with Crippen molar-refractivity contribution in [2.24, 2.45) is 5.73 Å². The van der Waals surface area contributed by atoms with E-state index in [0.29, 0.717) is 12.2 Å². The molecule has 7 heteroatoms.